The van der Waals surface area contributed by atoms with Crippen LogP contribution in [0.2, 0.25) is 0 Å². The number of piperidine rings is 1. The zero-order valence-corrected chi connectivity index (χ0v) is 9.75. The lowest BCUT2D eigenvalue weighted by atomic mass is 9.92. The molecule has 1 saturated heterocycles. The quantitative estimate of drug-likeness (QED) is 0.760. The van der Waals surface area contributed by atoms with Crippen LogP contribution < -0.4 is 5.32 Å². The standard InChI is InChI=1S/C13H24N2/c1-3-11-4-2-9-15(13(11)5-1)10-8-14-12-6-7-12/h11-14H,1-10H2. The van der Waals surface area contributed by atoms with Crippen LogP contribution in [0.25, 0.3) is 0 Å². The lowest BCUT2D eigenvalue weighted by Gasteiger charge is -2.37. The third kappa shape index (κ3) is 2.36. The van der Waals surface area contributed by atoms with Crippen molar-refractivity contribution in [3.05, 3.63) is 0 Å². The van der Waals surface area contributed by atoms with Crippen molar-refractivity contribution in [3.8, 4) is 0 Å². The predicted molar refractivity (Wildman–Crippen MR) is 63.0 cm³/mol. The van der Waals surface area contributed by atoms with Crippen molar-refractivity contribution in [2.45, 2.75) is 57.0 Å². The largest absolute Gasteiger partial charge is 0.313 e. The molecule has 1 aliphatic heterocycles. The number of hydrogen-bond donors (Lipinski definition) is 1. The van der Waals surface area contributed by atoms with Crippen LogP contribution in [0.5, 0.6) is 0 Å². The van der Waals surface area contributed by atoms with Crippen molar-refractivity contribution in [3.63, 3.8) is 0 Å². The summed E-state index contributed by atoms with van der Waals surface area (Å²) in [5.74, 6) is 1.06. The van der Waals surface area contributed by atoms with Crippen molar-refractivity contribution >= 4 is 0 Å². The molecule has 0 aromatic heterocycles. The normalized spacial score (nSPS) is 36.8. The summed E-state index contributed by atoms with van der Waals surface area (Å²) in [6.07, 6.45) is 10.3. The van der Waals surface area contributed by atoms with E-state index in [1.54, 1.807) is 0 Å². The molecule has 1 heterocycles. The topological polar surface area (TPSA) is 15.3 Å². The number of fused-ring (bicyclic) bond motifs is 1. The molecule has 15 heavy (non-hydrogen) atoms. The molecule has 1 N–H and O–H groups in total. The van der Waals surface area contributed by atoms with E-state index in [1.807, 2.05) is 0 Å². The molecule has 2 nitrogen and oxygen atoms in total. The second-order valence-electron chi connectivity index (χ2n) is 5.66. The molecule has 86 valence electrons. The molecule has 3 fully saturated rings. The Labute approximate surface area is 93.4 Å². The Kier molecular flexibility index (Phi) is 2.98. The molecule has 0 bridgehead atoms. The second-order valence-corrected chi connectivity index (χ2v) is 5.66. The average molecular weight is 208 g/mol. The minimum atomic E-state index is 0.883. The van der Waals surface area contributed by atoms with Gasteiger partial charge in [0.1, 0.15) is 0 Å². The van der Waals surface area contributed by atoms with Gasteiger partial charge >= 0.3 is 0 Å². The predicted octanol–water partition coefficient (Wildman–Crippen LogP) is 2.00. The summed E-state index contributed by atoms with van der Waals surface area (Å²) in [6.45, 7) is 3.90. The van der Waals surface area contributed by atoms with E-state index >= 15 is 0 Å². The van der Waals surface area contributed by atoms with Crippen molar-refractivity contribution in [1.82, 2.24) is 10.2 Å². The fourth-order valence-electron chi connectivity index (χ4n) is 3.53. The van der Waals surface area contributed by atoms with Crippen molar-refractivity contribution in [2.75, 3.05) is 19.6 Å². The van der Waals surface area contributed by atoms with Gasteiger partial charge in [0.15, 0.2) is 0 Å². The van der Waals surface area contributed by atoms with Crippen LogP contribution in [0.3, 0.4) is 0 Å². The van der Waals surface area contributed by atoms with Crippen LogP contribution in [-0.4, -0.2) is 36.6 Å². The molecule has 0 spiro atoms. The van der Waals surface area contributed by atoms with E-state index in [4.69, 9.17) is 0 Å². The lowest BCUT2D eigenvalue weighted by Crippen LogP contribution is -2.45. The van der Waals surface area contributed by atoms with Gasteiger partial charge in [-0.05, 0) is 51.0 Å². The highest BCUT2D eigenvalue weighted by molar-refractivity contribution is 4.89. The first-order chi connectivity index (χ1) is 7.43. The smallest absolute Gasteiger partial charge is 0.0124 e. The molecule has 2 aliphatic carbocycles. The summed E-state index contributed by atoms with van der Waals surface area (Å²) >= 11 is 0. The Bertz CT molecular complexity index is 213. The highest BCUT2D eigenvalue weighted by Crippen LogP contribution is 2.36. The second kappa shape index (κ2) is 4.42. The van der Waals surface area contributed by atoms with Gasteiger partial charge in [-0.3, -0.25) is 4.90 Å². The number of rotatable bonds is 4. The van der Waals surface area contributed by atoms with Gasteiger partial charge < -0.3 is 5.32 Å². The van der Waals surface area contributed by atoms with E-state index in [2.05, 4.69) is 10.2 Å². The molecular formula is C13H24N2. The summed E-state index contributed by atoms with van der Waals surface area (Å²) in [6, 6.07) is 1.84. The first-order valence-electron chi connectivity index (χ1n) is 6.91. The molecule has 0 radical (unpaired) electrons. The molecule has 0 amide bonds. The zero-order chi connectivity index (χ0) is 10.1. The zero-order valence-electron chi connectivity index (χ0n) is 9.75. The number of hydrogen-bond acceptors (Lipinski definition) is 2. The van der Waals surface area contributed by atoms with Gasteiger partial charge in [-0.1, -0.05) is 6.42 Å². The van der Waals surface area contributed by atoms with Gasteiger partial charge in [0, 0.05) is 25.2 Å². The Morgan fingerprint density at radius 2 is 1.87 bits per heavy atom. The van der Waals surface area contributed by atoms with Crippen LogP contribution >= 0.6 is 0 Å². The molecule has 2 heteroatoms. The summed E-state index contributed by atoms with van der Waals surface area (Å²) < 4.78 is 0. The van der Waals surface area contributed by atoms with E-state index < -0.39 is 0 Å². The molecular weight excluding hydrogens is 184 g/mol. The van der Waals surface area contributed by atoms with Crippen molar-refractivity contribution in [2.24, 2.45) is 5.92 Å². The van der Waals surface area contributed by atoms with Crippen LogP contribution in [0.1, 0.15) is 44.9 Å². The van der Waals surface area contributed by atoms with Gasteiger partial charge in [0.2, 0.25) is 0 Å². The molecule has 2 saturated carbocycles. The van der Waals surface area contributed by atoms with Crippen molar-refractivity contribution in [1.29, 1.82) is 0 Å². The third-order valence-electron chi connectivity index (χ3n) is 4.52. The van der Waals surface area contributed by atoms with Crippen LogP contribution in [0, 0.1) is 5.92 Å². The van der Waals surface area contributed by atoms with E-state index in [0.717, 1.165) is 18.0 Å². The fourth-order valence-corrected chi connectivity index (χ4v) is 3.53. The number of nitrogens with one attached hydrogen (secondary N) is 1. The highest BCUT2D eigenvalue weighted by atomic mass is 15.2. The van der Waals surface area contributed by atoms with E-state index in [1.165, 1.54) is 64.6 Å². The minimum absolute atomic E-state index is 0.883. The maximum absolute atomic E-state index is 3.64. The summed E-state index contributed by atoms with van der Waals surface area (Å²) in [5.41, 5.74) is 0. The molecule has 3 rings (SSSR count). The van der Waals surface area contributed by atoms with Crippen LogP contribution in [0.15, 0.2) is 0 Å². The minimum Gasteiger partial charge on any atom is -0.313 e. The lowest BCUT2D eigenvalue weighted by molar-refractivity contribution is 0.114. The third-order valence-corrected chi connectivity index (χ3v) is 4.52. The molecule has 2 unspecified atom stereocenters. The van der Waals surface area contributed by atoms with Gasteiger partial charge in [-0.25, -0.2) is 0 Å². The molecule has 3 aliphatic rings. The Morgan fingerprint density at radius 3 is 2.73 bits per heavy atom. The highest BCUT2D eigenvalue weighted by Gasteiger charge is 2.34. The Hall–Kier alpha value is -0.0800. The summed E-state index contributed by atoms with van der Waals surface area (Å²) in [5, 5.41) is 3.64. The summed E-state index contributed by atoms with van der Waals surface area (Å²) in [4.78, 5) is 2.77. The maximum atomic E-state index is 3.64. The molecule has 0 aromatic carbocycles. The molecule has 2 atom stereocenters. The van der Waals surface area contributed by atoms with Gasteiger partial charge in [-0.2, -0.15) is 0 Å². The first kappa shape index (κ1) is 10.1. The maximum Gasteiger partial charge on any atom is 0.0124 e. The fraction of sp³-hybridized carbons (Fsp3) is 1.00. The first-order valence-corrected chi connectivity index (χ1v) is 6.91. The summed E-state index contributed by atoms with van der Waals surface area (Å²) in [7, 11) is 0. The van der Waals surface area contributed by atoms with E-state index in [9.17, 15) is 0 Å². The number of likely N-dealkylation sites (tertiary alicyclic amines) is 1. The van der Waals surface area contributed by atoms with Crippen molar-refractivity contribution < 1.29 is 0 Å². The molecule has 0 aromatic rings. The van der Waals surface area contributed by atoms with Crippen LogP contribution in [-0.2, 0) is 0 Å². The van der Waals surface area contributed by atoms with E-state index in [0.29, 0.717) is 0 Å². The van der Waals surface area contributed by atoms with Gasteiger partial charge in [-0.15, -0.1) is 0 Å². The number of nitrogens with zero attached hydrogens (tertiary/aromatic N) is 1. The SMILES string of the molecule is C1CC2CCCN(CCNC3CC3)C2C1. The van der Waals surface area contributed by atoms with Crippen LogP contribution in [0.4, 0.5) is 0 Å². The van der Waals surface area contributed by atoms with E-state index in [-0.39, 0.29) is 0 Å². The average Bonchev–Trinajstić information content (AvgIpc) is 2.95. The monoisotopic (exact) mass is 208 g/mol. The van der Waals surface area contributed by atoms with Gasteiger partial charge in [0.25, 0.3) is 0 Å². The van der Waals surface area contributed by atoms with Gasteiger partial charge in [0.05, 0.1) is 0 Å². The Morgan fingerprint density at radius 1 is 1.00 bits per heavy atom. The Balaban J connectivity index is 1.46.